The van der Waals surface area contributed by atoms with Crippen LogP contribution in [0.1, 0.15) is 41.3 Å². The Morgan fingerprint density at radius 1 is 0.969 bits per heavy atom. The Bertz CT molecular complexity index is 1340. The van der Waals surface area contributed by atoms with E-state index in [0.29, 0.717) is 16.5 Å². The van der Waals surface area contributed by atoms with Gasteiger partial charge in [-0.25, -0.2) is 8.42 Å². The smallest absolute Gasteiger partial charge is 0.262 e. The molecule has 6 heteroatoms. The molecule has 0 amide bonds. The maximum absolute atomic E-state index is 13.3. The molecule has 2 aliphatic carbocycles. The first kappa shape index (κ1) is 22.2. The van der Waals surface area contributed by atoms with E-state index in [1.54, 1.807) is 47.9 Å². The average Bonchev–Trinajstić information content (AvgIpc) is 3.34. The molecule has 164 valence electrons. The van der Waals surface area contributed by atoms with Gasteiger partial charge < -0.3 is 0 Å². The van der Waals surface area contributed by atoms with Crippen molar-refractivity contribution in [2.75, 3.05) is 4.72 Å². The number of aliphatic imine (C=N–C) groups is 1. The molecule has 32 heavy (non-hydrogen) atoms. The molecule has 2 aliphatic rings. The Hall–Kier alpha value is -2.96. The second-order valence-corrected chi connectivity index (χ2v) is 10.9. The van der Waals surface area contributed by atoms with Gasteiger partial charge in [-0.3, -0.25) is 9.71 Å². The van der Waals surface area contributed by atoms with Crippen molar-refractivity contribution in [1.29, 1.82) is 0 Å². The lowest BCUT2D eigenvalue weighted by molar-refractivity contribution is 0.601. The summed E-state index contributed by atoms with van der Waals surface area (Å²) in [5.41, 5.74) is 6.12. The van der Waals surface area contributed by atoms with Crippen LogP contribution in [0.2, 0.25) is 0 Å². The fraction of sp³-hybridized carbons (Fsp3) is 0.192. The van der Waals surface area contributed by atoms with E-state index in [4.69, 9.17) is 0 Å². The topological polar surface area (TPSA) is 58.5 Å². The molecule has 2 aromatic rings. The number of thiophene rings is 1. The zero-order valence-electron chi connectivity index (χ0n) is 18.6. The van der Waals surface area contributed by atoms with Crippen LogP contribution >= 0.6 is 11.3 Å². The molecule has 0 spiro atoms. The van der Waals surface area contributed by atoms with Gasteiger partial charge >= 0.3 is 0 Å². The molecule has 0 unspecified atom stereocenters. The highest BCUT2D eigenvalue weighted by atomic mass is 32.2. The highest BCUT2D eigenvalue weighted by Gasteiger charge is 2.25. The molecule has 0 fully saturated rings. The van der Waals surface area contributed by atoms with E-state index < -0.39 is 10.0 Å². The van der Waals surface area contributed by atoms with E-state index in [-0.39, 0.29) is 0 Å². The Morgan fingerprint density at radius 3 is 2.38 bits per heavy atom. The molecule has 0 aliphatic heterocycles. The van der Waals surface area contributed by atoms with Crippen LogP contribution in [0.25, 0.3) is 11.1 Å². The predicted octanol–water partition coefficient (Wildman–Crippen LogP) is 7.14. The number of hydrogen-bond acceptors (Lipinski definition) is 4. The molecule has 4 rings (SSSR count). The zero-order valence-corrected chi connectivity index (χ0v) is 20.2. The molecule has 1 aromatic heterocycles. The third kappa shape index (κ3) is 4.61. The van der Waals surface area contributed by atoms with E-state index in [1.807, 2.05) is 37.4 Å². The second kappa shape index (κ2) is 8.88. The molecule has 0 bridgehead atoms. The van der Waals surface area contributed by atoms with Crippen molar-refractivity contribution in [3.8, 4) is 11.1 Å². The fourth-order valence-corrected chi connectivity index (χ4v) is 5.70. The zero-order chi connectivity index (χ0) is 22.9. The SMILES string of the molecule is Cc1cc(S(=O)(=O)Nc2ccc(N=Cc3cccs3)cc2)c2c(C)ccc(C(C)C)cc1-2. The first-order chi connectivity index (χ1) is 15.2. The van der Waals surface area contributed by atoms with E-state index in [0.717, 1.165) is 32.8 Å². The van der Waals surface area contributed by atoms with Gasteiger partial charge in [0, 0.05) is 22.3 Å². The summed E-state index contributed by atoms with van der Waals surface area (Å²) in [5, 5.41) is 2.00. The maximum atomic E-state index is 13.3. The van der Waals surface area contributed by atoms with Gasteiger partial charge in [-0.2, -0.15) is 0 Å². The number of benzene rings is 1. The van der Waals surface area contributed by atoms with E-state index in [2.05, 4.69) is 35.7 Å². The lowest BCUT2D eigenvalue weighted by Gasteiger charge is -2.10. The normalized spacial score (nSPS) is 12.2. The summed E-state index contributed by atoms with van der Waals surface area (Å²) in [5.74, 6) is 0.360. The number of fused-ring (bicyclic) bond motifs is 1. The third-order valence-corrected chi connectivity index (χ3v) is 7.69. The Morgan fingerprint density at radius 2 is 1.72 bits per heavy atom. The van der Waals surface area contributed by atoms with Crippen molar-refractivity contribution >= 4 is 38.9 Å². The third-order valence-electron chi connectivity index (χ3n) is 5.48. The van der Waals surface area contributed by atoms with Gasteiger partial charge in [0.05, 0.1) is 10.6 Å². The van der Waals surface area contributed by atoms with Gasteiger partial charge in [0.15, 0.2) is 0 Å². The number of aryl methyl sites for hydroxylation is 2. The van der Waals surface area contributed by atoms with Crippen LogP contribution in [-0.4, -0.2) is 14.6 Å². The molecular weight excluding hydrogens is 436 g/mol. The summed E-state index contributed by atoms with van der Waals surface area (Å²) in [6, 6.07) is 19.0. The summed E-state index contributed by atoms with van der Waals surface area (Å²) in [4.78, 5) is 5.82. The minimum absolute atomic E-state index is 0.313. The quantitative estimate of drug-likeness (QED) is 0.309. The molecule has 1 aromatic carbocycles. The van der Waals surface area contributed by atoms with Crippen LogP contribution < -0.4 is 4.72 Å². The minimum Gasteiger partial charge on any atom is -0.280 e. The number of nitrogens with zero attached hydrogens (tertiary/aromatic N) is 1. The number of sulfonamides is 1. The van der Waals surface area contributed by atoms with Crippen molar-refractivity contribution in [2.45, 2.75) is 38.5 Å². The first-order valence-corrected chi connectivity index (χ1v) is 12.9. The molecule has 4 nitrogen and oxygen atoms in total. The second-order valence-electron chi connectivity index (χ2n) is 8.22. The molecule has 1 heterocycles. The number of hydrogen-bond donors (Lipinski definition) is 1. The highest BCUT2D eigenvalue weighted by Crippen LogP contribution is 2.39. The number of nitrogens with one attached hydrogen (secondary N) is 1. The van der Waals surface area contributed by atoms with Gasteiger partial charge in [0.1, 0.15) is 0 Å². The first-order valence-electron chi connectivity index (χ1n) is 10.5. The monoisotopic (exact) mass is 462 g/mol. The standard InChI is InChI=1S/C26H26N2O2S2/c1-17(2)20-8-7-18(3)26-24(15-20)19(4)14-25(26)32(29,30)28-22-11-9-21(10-12-22)27-16-23-6-5-13-31-23/h5-17,28H,1-4H3. The van der Waals surface area contributed by atoms with Crippen molar-refractivity contribution in [2.24, 2.45) is 4.99 Å². The van der Waals surface area contributed by atoms with Gasteiger partial charge in [-0.05, 0) is 83.8 Å². The van der Waals surface area contributed by atoms with E-state index in [1.165, 1.54) is 5.56 Å². The summed E-state index contributed by atoms with van der Waals surface area (Å²) >= 11 is 1.62. The van der Waals surface area contributed by atoms with Crippen molar-refractivity contribution < 1.29 is 8.42 Å². The van der Waals surface area contributed by atoms with Crippen LogP contribution in [0.5, 0.6) is 0 Å². The molecule has 0 radical (unpaired) electrons. The van der Waals surface area contributed by atoms with Crippen LogP contribution in [0.3, 0.4) is 0 Å². The van der Waals surface area contributed by atoms with Gasteiger partial charge in [-0.15, -0.1) is 11.3 Å². The van der Waals surface area contributed by atoms with E-state index in [9.17, 15) is 8.42 Å². The number of rotatable bonds is 6. The summed E-state index contributed by atoms with van der Waals surface area (Å²) in [6.07, 6.45) is 1.80. The van der Waals surface area contributed by atoms with E-state index >= 15 is 0 Å². The van der Waals surface area contributed by atoms with Crippen molar-refractivity contribution in [1.82, 2.24) is 0 Å². The van der Waals surface area contributed by atoms with Crippen molar-refractivity contribution in [3.05, 3.63) is 87.6 Å². The van der Waals surface area contributed by atoms with Crippen LogP contribution in [0, 0.1) is 13.8 Å². The molecular formula is C26H26N2O2S2. The Kier molecular flexibility index (Phi) is 6.17. The lowest BCUT2D eigenvalue weighted by Crippen LogP contribution is -2.13. The van der Waals surface area contributed by atoms with Gasteiger partial charge in [0.25, 0.3) is 10.0 Å². The average molecular weight is 463 g/mol. The lowest BCUT2D eigenvalue weighted by atomic mass is 10.0. The number of anilines is 1. The molecule has 1 N–H and O–H groups in total. The molecule has 0 saturated heterocycles. The van der Waals surface area contributed by atoms with Gasteiger partial charge in [0.2, 0.25) is 0 Å². The van der Waals surface area contributed by atoms with Gasteiger partial charge in [-0.1, -0.05) is 38.1 Å². The molecule has 0 atom stereocenters. The van der Waals surface area contributed by atoms with Crippen LogP contribution in [-0.2, 0) is 10.0 Å². The fourth-order valence-electron chi connectivity index (χ4n) is 3.69. The van der Waals surface area contributed by atoms with Crippen LogP contribution in [0.4, 0.5) is 11.4 Å². The maximum Gasteiger partial charge on any atom is 0.262 e. The Balaban J connectivity index is 1.63. The van der Waals surface area contributed by atoms with Crippen LogP contribution in [0.15, 0.2) is 75.9 Å². The summed E-state index contributed by atoms with van der Waals surface area (Å²) in [7, 11) is -3.75. The predicted molar refractivity (Wildman–Crippen MR) is 135 cm³/mol. The Labute approximate surface area is 194 Å². The summed E-state index contributed by atoms with van der Waals surface area (Å²) in [6.45, 7) is 8.21. The highest BCUT2D eigenvalue weighted by molar-refractivity contribution is 7.92. The van der Waals surface area contributed by atoms with Crippen molar-refractivity contribution in [3.63, 3.8) is 0 Å². The summed E-state index contributed by atoms with van der Waals surface area (Å²) < 4.78 is 29.4. The molecule has 0 saturated carbocycles. The minimum atomic E-state index is -3.75. The largest absolute Gasteiger partial charge is 0.280 e.